The van der Waals surface area contributed by atoms with Crippen molar-refractivity contribution >= 4 is 17.7 Å². The Bertz CT molecular complexity index is 1120. The van der Waals surface area contributed by atoms with Gasteiger partial charge in [-0.15, -0.1) is 0 Å². The molecule has 0 bridgehead atoms. The van der Waals surface area contributed by atoms with E-state index in [9.17, 15) is 18.8 Å². The van der Waals surface area contributed by atoms with Crippen LogP contribution < -0.4 is 14.2 Å². The van der Waals surface area contributed by atoms with Crippen molar-refractivity contribution < 1.29 is 42.5 Å². The lowest BCUT2D eigenvalue weighted by Gasteiger charge is -2.29. The van der Waals surface area contributed by atoms with Crippen molar-refractivity contribution in [3.8, 4) is 17.2 Å². The van der Waals surface area contributed by atoms with Crippen LogP contribution in [0, 0.1) is 17.7 Å². The maximum atomic E-state index is 14.3. The van der Waals surface area contributed by atoms with Gasteiger partial charge in [-0.05, 0) is 30.5 Å². The van der Waals surface area contributed by atoms with Crippen LogP contribution in [0.1, 0.15) is 62.5 Å². The first-order valence-corrected chi connectivity index (χ1v) is 12.3. The molecule has 1 aromatic heterocycles. The molecule has 3 atom stereocenters. The number of aromatic nitrogens is 1. The van der Waals surface area contributed by atoms with Gasteiger partial charge in [0.2, 0.25) is 5.75 Å². The number of hydrogen-bond acceptors (Lipinski definition) is 9. The number of methoxy groups -OCH3 is 3. The number of rotatable bonds is 14. The summed E-state index contributed by atoms with van der Waals surface area (Å²) in [5, 5.41) is 0. The maximum absolute atomic E-state index is 14.3. The van der Waals surface area contributed by atoms with Crippen LogP contribution in [-0.4, -0.2) is 56.7 Å². The lowest BCUT2D eigenvalue weighted by molar-refractivity contribution is -0.154. The summed E-state index contributed by atoms with van der Waals surface area (Å²) in [4.78, 5) is 42.3. The summed E-state index contributed by atoms with van der Waals surface area (Å²) in [5.41, 5.74) is 0.541. The van der Waals surface area contributed by atoms with Gasteiger partial charge in [0.15, 0.2) is 28.8 Å². The number of nitrogens with zero attached hydrogens (tertiary/aromatic N) is 1. The minimum atomic E-state index is -0.824. The predicted octanol–water partition coefficient (Wildman–Crippen LogP) is 4.76. The molecule has 38 heavy (non-hydrogen) atoms. The van der Waals surface area contributed by atoms with Gasteiger partial charge in [0, 0.05) is 31.7 Å². The lowest BCUT2D eigenvalue weighted by Crippen LogP contribution is -2.29. The van der Waals surface area contributed by atoms with Gasteiger partial charge in [-0.3, -0.25) is 14.4 Å². The summed E-state index contributed by atoms with van der Waals surface area (Å²) >= 11 is 0. The van der Waals surface area contributed by atoms with E-state index in [0.29, 0.717) is 5.56 Å². The Morgan fingerprint density at radius 1 is 0.974 bits per heavy atom. The average molecular weight is 534 g/mol. The zero-order valence-corrected chi connectivity index (χ0v) is 22.9. The van der Waals surface area contributed by atoms with Crippen molar-refractivity contribution in [2.24, 2.45) is 11.8 Å². The molecule has 0 radical (unpaired) electrons. The summed E-state index contributed by atoms with van der Waals surface area (Å²) in [6.45, 7) is 7.35. The summed E-state index contributed by atoms with van der Waals surface area (Å²) in [5.74, 6) is -3.15. The molecule has 2 aromatic rings. The number of carbonyl (C=O) groups is 3. The molecule has 10 heteroatoms. The number of hydrogen-bond donors (Lipinski definition) is 0. The van der Waals surface area contributed by atoms with E-state index in [1.54, 1.807) is 19.9 Å². The quantitative estimate of drug-likeness (QED) is 0.251. The van der Waals surface area contributed by atoms with Crippen LogP contribution in [-0.2, 0) is 19.1 Å². The minimum Gasteiger partial charge on any atom is -0.494 e. The van der Waals surface area contributed by atoms with E-state index >= 15 is 0 Å². The molecular weight excluding hydrogens is 497 g/mol. The normalized spacial score (nSPS) is 13.4. The molecule has 1 aromatic carbocycles. The smallest absolute Gasteiger partial charge is 0.313 e. The second kappa shape index (κ2) is 14.4. The van der Waals surface area contributed by atoms with E-state index in [1.807, 2.05) is 13.8 Å². The van der Waals surface area contributed by atoms with Crippen LogP contribution in [0.5, 0.6) is 17.2 Å². The van der Waals surface area contributed by atoms with Crippen molar-refractivity contribution in [1.82, 2.24) is 4.98 Å². The Hall–Kier alpha value is -3.53. The van der Waals surface area contributed by atoms with Crippen molar-refractivity contribution in [3.63, 3.8) is 0 Å². The van der Waals surface area contributed by atoms with Crippen LogP contribution in [0.3, 0.4) is 0 Å². The number of benzene rings is 1. The Labute approximate surface area is 222 Å². The van der Waals surface area contributed by atoms with Crippen molar-refractivity contribution in [1.29, 1.82) is 0 Å². The molecule has 0 fully saturated rings. The summed E-state index contributed by atoms with van der Waals surface area (Å²) < 4.78 is 40.5. The molecule has 0 saturated heterocycles. The van der Waals surface area contributed by atoms with E-state index in [1.165, 1.54) is 45.7 Å². The highest BCUT2D eigenvalue weighted by Crippen LogP contribution is 2.34. The summed E-state index contributed by atoms with van der Waals surface area (Å²) in [7, 11) is 4.21. The lowest BCUT2D eigenvalue weighted by atomic mass is 9.84. The van der Waals surface area contributed by atoms with Gasteiger partial charge < -0.3 is 23.7 Å². The Kier molecular flexibility index (Phi) is 11.6. The highest BCUT2D eigenvalue weighted by atomic mass is 19.1. The zero-order valence-electron chi connectivity index (χ0n) is 22.9. The average Bonchev–Trinajstić information content (AvgIpc) is 2.87. The highest BCUT2D eigenvalue weighted by molar-refractivity contribution is 6.00. The topological polar surface area (TPSA) is 110 Å². The van der Waals surface area contributed by atoms with Gasteiger partial charge in [0.25, 0.3) is 0 Å². The molecular formula is C28H36FNO8. The third kappa shape index (κ3) is 7.98. The van der Waals surface area contributed by atoms with E-state index < -0.39 is 35.6 Å². The monoisotopic (exact) mass is 533 g/mol. The second-order valence-corrected chi connectivity index (χ2v) is 9.24. The number of pyridine rings is 1. The number of halogens is 1. The van der Waals surface area contributed by atoms with Gasteiger partial charge in [0.05, 0.1) is 33.2 Å². The fourth-order valence-corrected chi connectivity index (χ4v) is 4.16. The van der Waals surface area contributed by atoms with E-state index in [2.05, 4.69) is 4.98 Å². The first kappa shape index (κ1) is 30.7. The molecule has 0 aliphatic carbocycles. The van der Waals surface area contributed by atoms with Crippen LogP contribution >= 0.6 is 0 Å². The largest absolute Gasteiger partial charge is 0.494 e. The van der Waals surface area contributed by atoms with Crippen LogP contribution in [0.25, 0.3) is 0 Å². The fraction of sp³-hybridized carbons (Fsp3) is 0.500. The standard InChI is InChI=1S/C28H36FNO8/c1-16(2)25(19-8-9-22(35-6)20(29)15-19)18(4)37-28(33)17(3)14-21(31)26-27(23(36-7)10-12-30-26)38-24(32)11-13-34-5/h8-10,12,15-18,25H,11,13-14H2,1-7H3/t17-,18+,25-/m1/s1. The molecule has 0 N–H and O–H groups in total. The second-order valence-electron chi connectivity index (χ2n) is 9.24. The predicted molar refractivity (Wildman–Crippen MR) is 137 cm³/mol. The van der Waals surface area contributed by atoms with Crippen molar-refractivity contribution in [3.05, 3.63) is 47.5 Å². The zero-order chi connectivity index (χ0) is 28.4. The summed E-state index contributed by atoms with van der Waals surface area (Å²) in [6, 6.07) is 6.12. The van der Waals surface area contributed by atoms with Crippen molar-refractivity contribution in [2.45, 2.75) is 52.6 Å². The fourth-order valence-electron chi connectivity index (χ4n) is 4.16. The van der Waals surface area contributed by atoms with E-state index in [-0.39, 0.29) is 54.2 Å². The molecule has 0 aliphatic heterocycles. The molecule has 2 rings (SSSR count). The number of ketones is 1. The first-order valence-electron chi connectivity index (χ1n) is 12.3. The van der Waals surface area contributed by atoms with Gasteiger partial charge in [-0.1, -0.05) is 26.8 Å². The maximum Gasteiger partial charge on any atom is 0.313 e. The molecule has 0 unspecified atom stereocenters. The van der Waals surface area contributed by atoms with E-state index in [0.717, 1.165) is 0 Å². The molecule has 1 heterocycles. The van der Waals surface area contributed by atoms with E-state index in [4.69, 9.17) is 23.7 Å². The third-order valence-corrected chi connectivity index (χ3v) is 6.06. The van der Waals surface area contributed by atoms with Crippen LogP contribution in [0.2, 0.25) is 0 Å². The first-order chi connectivity index (χ1) is 18.0. The number of ether oxygens (including phenoxy) is 5. The molecule has 0 amide bonds. The van der Waals surface area contributed by atoms with Gasteiger partial charge in [0.1, 0.15) is 6.10 Å². The minimum absolute atomic E-state index is 0.0267. The van der Waals surface area contributed by atoms with Gasteiger partial charge in [-0.2, -0.15) is 0 Å². The molecule has 0 saturated carbocycles. The molecule has 0 aliphatic rings. The number of esters is 2. The van der Waals surface area contributed by atoms with Gasteiger partial charge >= 0.3 is 11.9 Å². The molecule has 9 nitrogen and oxygen atoms in total. The van der Waals surface area contributed by atoms with Crippen LogP contribution in [0.4, 0.5) is 4.39 Å². The highest BCUT2D eigenvalue weighted by Gasteiger charge is 2.30. The summed E-state index contributed by atoms with van der Waals surface area (Å²) in [6.07, 6.45) is 0.487. The molecule has 208 valence electrons. The Balaban J connectivity index is 2.15. The molecule has 0 spiro atoms. The third-order valence-electron chi connectivity index (χ3n) is 6.06. The number of carbonyl (C=O) groups excluding carboxylic acids is 3. The van der Waals surface area contributed by atoms with Gasteiger partial charge in [-0.25, -0.2) is 9.37 Å². The van der Waals surface area contributed by atoms with Crippen molar-refractivity contribution in [2.75, 3.05) is 27.9 Å². The SMILES string of the molecule is COCCC(=O)Oc1c(OC)ccnc1C(=O)C[C@@H](C)C(=O)O[C@@H](C)[C@H](c1ccc(OC)c(F)c1)C(C)C. The number of Topliss-reactive ketones (excluding diaryl/α,β-unsaturated/α-hetero) is 1. The Morgan fingerprint density at radius 2 is 1.66 bits per heavy atom. The Morgan fingerprint density at radius 3 is 2.24 bits per heavy atom. The van der Waals surface area contributed by atoms with Crippen LogP contribution in [0.15, 0.2) is 30.5 Å².